The van der Waals surface area contributed by atoms with Crippen LogP contribution in [0.4, 0.5) is 0 Å². The molecule has 21 heavy (non-hydrogen) atoms. The average molecular weight is 289 g/mol. The number of hydrogen-bond donors (Lipinski definition) is 1. The minimum Gasteiger partial charge on any atom is -0.500 e. The number of fused-ring (bicyclic) bond motifs is 1. The fraction of sp³-hybridized carbons (Fsp3) is 0.588. The molecule has 0 aromatic rings. The molecule has 0 bridgehead atoms. The van der Waals surface area contributed by atoms with Gasteiger partial charge in [0.15, 0.2) is 0 Å². The van der Waals surface area contributed by atoms with E-state index in [2.05, 4.69) is 20.8 Å². The average Bonchev–Trinajstić information content (AvgIpc) is 2.79. The Balaban J connectivity index is 2.05. The fourth-order valence-electron chi connectivity index (χ4n) is 3.46. The van der Waals surface area contributed by atoms with Crippen molar-refractivity contribution in [3.63, 3.8) is 0 Å². The van der Waals surface area contributed by atoms with Crippen molar-refractivity contribution in [1.29, 1.82) is 0 Å². The van der Waals surface area contributed by atoms with Crippen LogP contribution < -0.4 is 0 Å². The maximum atomic E-state index is 10.5. The van der Waals surface area contributed by atoms with E-state index in [1.807, 2.05) is 24.3 Å². The van der Waals surface area contributed by atoms with E-state index >= 15 is 0 Å². The van der Waals surface area contributed by atoms with Gasteiger partial charge in [-0.15, -0.1) is 0 Å². The van der Waals surface area contributed by atoms with Gasteiger partial charge in [-0.25, -0.2) is 4.99 Å². The number of hydrogen-bond acceptors (Lipinski definition) is 4. The zero-order valence-corrected chi connectivity index (χ0v) is 13.1. The Labute approximate surface area is 125 Å². The second-order valence-corrected chi connectivity index (χ2v) is 6.82. The molecule has 1 aliphatic heterocycles. The fourth-order valence-corrected chi connectivity index (χ4v) is 3.46. The monoisotopic (exact) mass is 289 g/mol. The van der Waals surface area contributed by atoms with Gasteiger partial charge in [-0.2, -0.15) is 0 Å². The van der Waals surface area contributed by atoms with Gasteiger partial charge >= 0.3 is 0 Å². The standard InChI is InChI=1S/C17H23NO3/c1-16(2)10-21-15(18-16)11-8-9-14(20-4)17(3)12(11)6-5-7-13(17)19/h5,7-9,12-13,19H,6,10H2,1-4H3/t12-,13+,17+/m1/s1. The van der Waals surface area contributed by atoms with Crippen LogP contribution in [0.5, 0.6) is 0 Å². The number of nitrogens with zero attached hydrogens (tertiary/aromatic N) is 1. The predicted molar refractivity (Wildman–Crippen MR) is 82.0 cm³/mol. The van der Waals surface area contributed by atoms with E-state index in [9.17, 15) is 5.11 Å². The molecule has 2 aliphatic carbocycles. The summed E-state index contributed by atoms with van der Waals surface area (Å²) in [7, 11) is 1.66. The summed E-state index contributed by atoms with van der Waals surface area (Å²) in [5.41, 5.74) is 0.417. The van der Waals surface area contributed by atoms with E-state index in [0.29, 0.717) is 12.5 Å². The van der Waals surface area contributed by atoms with Crippen LogP contribution in [0.1, 0.15) is 27.2 Å². The van der Waals surface area contributed by atoms with Gasteiger partial charge in [-0.1, -0.05) is 12.2 Å². The molecule has 1 heterocycles. The topological polar surface area (TPSA) is 51.0 Å². The first-order chi connectivity index (χ1) is 9.88. The number of ether oxygens (including phenoxy) is 2. The van der Waals surface area contributed by atoms with Gasteiger partial charge in [-0.3, -0.25) is 0 Å². The number of aliphatic hydroxyl groups is 1. The number of allylic oxidation sites excluding steroid dienone is 3. The van der Waals surface area contributed by atoms with E-state index in [1.54, 1.807) is 7.11 Å². The van der Waals surface area contributed by atoms with Crippen LogP contribution in [0.2, 0.25) is 0 Å². The molecule has 0 fully saturated rings. The Hall–Kier alpha value is -1.55. The van der Waals surface area contributed by atoms with Gasteiger partial charge in [-0.05, 0) is 39.3 Å². The number of aliphatic imine (C=N–C) groups is 1. The van der Waals surface area contributed by atoms with Crippen LogP contribution in [0.3, 0.4) is 0 Å². The van der Waals surface area contributed by atoms with Crippen molar-refractivity contribution in [2.24, 2.45) is 16.3 Å². The zero-order valence-electron chi connectivity index (χ0n) is 13.1. The van der Waals surface area contributed by atoms with E-state index in [4.69, 9.17) is 14.5 Å². The van der Waals surface area contributed by atoms with Crippen LogP contribution >= 0.6 is 0 Å². The Morgan fingerprint density at radius 1 is 1.33 bits per heavy atom. The van der Waals surface area contributed by atoms with Crippen LogP contribution in [-0.4, -0.2) is 36.4 Å². The summed E-state index contributed by atoms with van der Waals surface area (Å²) >= 11 is 0. The van der Waals surface area contributed by atoms with Crippen molar-refractivity contribution in [2.45, 2.75) is 38.8 Å². The Morgan fingerprint density at radius 2 is 2.10 bits per heavy atom. The molecule has 0 radical (unpaired) electrons. The first-order valence-corrected chi connectivity index (χ1v) is 7.42. The smallest absolute Gasteiger partial charge is 0.212 e. The summed E-state index contributed by atoms with van der Waals surface area (Å²) < 4.78 is 11.3. The molecule has 0 amide bonds. The molecule has 0 aromatic carbocycles. The highest BCUT2D eigenvalue weighted by Crippen LogP contribution is 2.50. The second-order valence-electron chi connectivity index (χ2n) is 6.82. The Bertz CT molecular complexity index is 571. The highest BCUT2D eigenvalue weighted by atomic mass is 16.5. The van der Waals surface area contributed by atoms with Gasteiger partial charge in [0.1, 0.15) is 12.4 Å². The number of aliphatic hydroxyl groups excluding tert-OH is 1. The Kier molecular flexibility index (Phi) is 3.24. The third-order valence-electron chi connectivity index (χ3n) is 4.78. The first kappa shape index (κ1) is 14.4. The summed E-state index contributed by atoms with van der Waals surface area (Å²) in [5.74, 6) is 1.64. The highest BCUT2D eigenvalue weighted by Gasteiger charge is 2.50. The molecule has 0 saturated carbocycles. The van der Waals surface area contributed by atoms with Crippen molar-refractivity contribution in [1.82, 2.24) is 0 Å². The molecule has 0 spiro atoms. The molecule has 4 heteroatoms. The van der Waals surface area contributed by atoms with Crippen LogP contribution in [0.15, 0.2) is 40.6 Å². The molecule has 3 rings (SSSR count). The first-order valence-electron chi connectivity index (χ1n) is 7.42. The van der Waals surface area contributed by atoms with Crippen LogP contribution in [-0.2, 0) is 9.47 Å². The third-order valence-corrected chi connectivity index (χ3v) is 4.78. The molecule has 4 nitrogen and oxygen atoms in total. The van der Waals surface area contributed by atoms with Crippen molar-refractivity contribution in [2.75, 3.05) is 13.7 Å². The maximum Gasteiger partial charge on any atom is 0.212 e. The molecule has 0 unspecified atom stereocenters. The molecular formula is C17H23NO3. The van der Waals surface area contributed by atoms with Gasteiger partial charge in [0.2, 0.25) is 5.90 Å². The summed E-state index contributed by atoms with van der Waals surface area (Å²) in [6.45, 7) is 6.78. The quantitative estimate of drug-likeness (QED) is 0.795. The van der Waals surface area contributed by atoms with E-state index in [1.165, 1.54) is 0 Å². The van der Waals surface area contributed by atoms with Gasteiger partial charge in [0.05, 0.1) is 24.2 Å². The molecule has 3 atom stereocenters. The largest absolute Gasteiger partial charge is 0.500 e. The Morgan fingerprint density at radius 3 is 2.71 bits per heavy atom. The van der Waals surface area contributed by atoms with E-state index in [-0.39, 0.29) is 11.5 Å². The molecule has 0 saturated heterocycles. The molecule has 3 aliphatic rings. The maximum absolute atomic E-state index is 10.5. The molecule has 114 valence electrons. The minimum atomic E-state index is -0.568. The lowest BCUT2D eigenvalue weighted by Crippen LogP contribution is -2.45. The second kappa shape index (κ2) is 4.73. The number of methoxy groups -OCH3 is 1. The number of rotatable bonds is 2. The van der Waals surface area contributed by atoms with E-state index < -0.39 is 11.5 Å². The summed E-state index contributed by atoms with van der Waals surface area (Å²) in [4.78, 5) is 4.69. The molecule has 1 N–H and O–H groups in total. The van der Waals surface area contributed by atoms with Crippen molar-refractivity contribution in [3.8, 4) is 0 Å². The lowest BCUT2D eigenvalue weighted by molar-refractivity contribution is 0.0156. The normalized spacial score (nSPS) is 37.1. The SMILES string of the molecule is COC1=CC=C(C2=NC(C)(C)CO2)[C@H]2CC=C[C@H](O)[C@@]12C. The lowest BCUT2D eigenvalue weighted by atomic mass is 9.62. The molecule has 0 aromatic heterocycles. The lowest BCUT2D eigenvalue weighted by Gasteiger charge is -2.45. The van der Waals surface area contributed by atoms with Gasteiger partial charge in [0.25, 0.3) is 0 Å². The summed E-state index contributed by atoms with van der Waals surface area (Å²) in [6, 6.07) is 0. The van der Waals surface area contributed by atoms with Crippen molar-refractivity contribution in [3.05, 3.63) is 35.6 Å². The molecular weight excluding hydrogens is 266 g/mol. The van der Waals surface area contributed by atoms with Crippen molar-refractivity contribution < 1.29 is 14.6 Å². The van der Waals surface area contributed by atoms with Crippen LogP contribution in [0.25, 0.3) is 0 Å². The van der Waals surface area contributed by atoms with Gasteiger partial charge < -0.3 is 14.6 Å². The van der Waals surface area contributed by atoms with E-state index in [0.717, 1.165) is 17.8 Å². The summed E-state index contributed by atoms with van der Waals surface area (Å²) in [6.07, 6.45) is 8.13. The minimum absolute atomic E-state index is 0.116. The predicted octanol–water partition coefficient (Wildman–Crippen LogP) is 2.61. The third kappa shape index (κ3) is 2.13. The summed E-state index contributed by atoms with van der Waals surface area (Å²) in [5, 5.41) is 10.5. The van der Waals surface area contributed by atoms with Crippen LogP contribution in [0, 0.1) is 11.3 Å². The zero-order chi connectivity index (χ0) is 15.3. The van der Waals surface area contributed by atoms with Crippen molar-refractivity contribution >= 4 is 5.90 Å². The van der Waals surface area contributed by atoms with Gasteiger partial charge in [0, 0.05) is 11.5 Å². The highest BCUT2D eigenvalue weighted by molar-refractivity contribution is 5.96.